The lowest BCUT2D eigenvalue weighted by Crippen LogP contribution is -2.43. The van der Waals surface area contributed by atoms with Crippen LogP contribution in [0.3, 0.4) is 0 Å². The molecule has 0 radical (unpaired) electrons. The van der Waals surface area contributed by atoms with E-state index in [1.807, 2.05) is 30.5 Å². The molecule has 3 rings (SSSR count). The van der Waals surface area contributed by atoms with Gasteiger partial charge in [0.15, 0.2) is 11.5 Å². The molecule has 0 saturated carbocycles. The van der Waals surface area contributed by atoms with E-state index in [1.165, 1.54) is 0 Å². The number of aryl methyl sites for hydroxylation is 2. The Morgan fingerprint density at radius 2 is 1.81 bits per heavy atom. The fourth-order valence-electron chi connectivity index (χ4n) is 3.90. The Bertz CT molecular complexity index is 1370. The summed E-state index contributed by atoms with van der Waals surface area (Å²) in [6, 6.07) is 2.84. The number of H-pyrrole nitrogens is 1. The summed E-state index contributed by atoms with van der Waals surface area (Å²) in [5.74, 6) is -0.888. The lowest BCUT2D eigenvalue weighted by atomic mass is 10.1. The number of carbonyl (C=O) groups is 2. The van der Waals surface area contributed by atoms with Crippen molar-refractivity contribution < 1.29 is 19.4 Å². The van der Waals surface area contributed by atoms with Gasteiger partial charge in [-0.2, -0.15) is 4.98 Å². The molecule has 1 unspecified atom stereocenters. The van der Waals surface area contributed by atoms with E-state index in [9.17, 15) is 24.3 Å². The number of hydrogen-bond acceptors (Lipinski definition) is 8. The van der Waals surface area contributed by atoms with Crippen molar-refractivity contribution in [2.24, 2.45) is 0 Å². The van der Waals surface area contributed by atoms with E-state index in [4.69, 9.17) is 4.74 Å². The number of aliphatic carboxylic acids is 1. The van der Waals surface area contributed by atoms with E-state index in [0.717, 1.165) is 16.6 Å². The first-order chi connectivity index (χ1) is 17.4. The number of ether oxygens (including phenoxy) is 1. The largest absolute Gasteiger partial charge is 0.480 e. The first-order valence-electron chi connectivity index (χ1n) is 12.2. The number of rotatable bonds is 10. The molecule has 0 aromatic heterocycles. The molecule has 200 valence electrons. The maximum absolute atomic E-state index is 12.4. The number of benzene rings is 1. The monoisotopic (exact) mass is 514 g/mol. The first kappa shape index (κ1) is 27.8. The number of carboxylic acids is 1. The van der Waals surface area contributed by atoms with Gasteiger partial charge < -0.3 is 25.0 Å². The topological polar surface area (TPSA) is 168 Å². The standard InChI is InChI=1S/C25H34N6O6/c1-14-12-17-18(13-15(14)2)31(20-19(27-17)21(32)30-23(35)29-20)11-10-26-9-7-6-8-16(22(33)34)28-24(36)37-25(3,4)5/h12-13,16,26H,6-11H2,1-5H3,(H,28,36)(H,33,34)(H,30,32,35). The van der Waals surface area contributed by atoms with Crippen LogP contribution < -0.4 is 21.9 Å². The number of nitrogens with one attached hydrogen (secondary N) is 3. The summed E-state index contributed by atoms with van der Waals surface area (Å²) in [7, 11) is 0. The molecule has 1 aromatic carbocycles. The predicted octanol–water partition coefficient (Wildman–Crippen LogP) is 1.94. The number of unbranched alkanes of at least 4 members (excludes halogenated alkanes) is 1. The van der Waals surface area contributed by atoms with Crippen molar-refractivity contribution in [1.82, 2.24) is 30.2 Å². The van der Waals surface area contributed by atoms with Crippen LogP contribution in [0.25, 0.3) is 22.6 Å². The molecule has 2 heterocycles. The second kappa shape index (κ2) is 11.5. The third-order valence-corrected chi connectivity index (χ3v) is 5.82. The van der Waals surface area contributed by atoms with Crippen LogP contribution in [0.5, 0.6) is 0 Å². The van der Waals surface area contributed by atoms with Gasteiger partial charge in [-0.3, -0.25) is 9.78 Å². The van der Waals surface area contributed by atoms with Crippen molar-refractivity contribution in [3.05, 3.63) is 44.1 Å². The van der Waals surface area contributed by atoms with Crippen molar-refractivity contribution in [3.8, 4) is 11.5 Å². The maximum atomic E-state index is 12.4. The van der Waals surface area contributed by atoms with E-state index >= 15 is 0 Å². The van der Waals surface area contributed by atoms with Crippen LogP contribution in [0.1, 0.15) is 51.2 Å². The molecule has 2 aliphatic rings. The summed E-state index contributed by atoms with van der Waals surface area (Å²) >= 11 is 0. The lowest BCUT2D eigenvalue weighted by Gasteiger charge is -2.22. The Morgan fingerprint density at radius 3 is 2.49 bits per heavy atom. The lowest BCUT2D eigenvalue weighted by molar-refractivity contribution is -0.139. The first-order valence-corrected chi connectivity index (χ1v) is 12.2. The Morgan fingerprint density at radius 1 is 1.11 bits per heavy atom. The molecule has 2 aliphatic heterocycles. The van der Waals surface area contributed by atoms with Crippen LogP contribution >= 0.6 is 0 Å². The van der Waals surface area contributed by atoms with E-state index in [-0.39, 0.29) is 17.9 Å². The number of hydrogen-bond donors (Lipinski definition) is 4. The minimum Gasteiger partial charge on any atom is -0.480 e. The molecule has 0 saturated heterocycles. The molecule has 1 amide bonds. The molecule has 12 nitrogen and oxygen atoms in total. The van der Waals surface area contributed by atoms with Crippen molar-refractivity contribution in [3.63, 3.8) is 0 Å². The predicted molar refractivity (Wildman–Crippen MR) is 138 cm³/mol. The molecule has 12 heteroatoms. The van der Waals surface area contributed by atoms with E-state index in [1.54, 1.807) is 20.8 Å². The number of nitrogens with zero attached hydrogens (tertiary/aromatic N) is 3. The Kier molecular flexibility index (Phi) is 8.64. The Labute approximate surface area is 213 Å². The molecule has 4 N–H and O–H groups in total. The van der Waals surface area contributed by atoms with E-state index < -0.39 is 35.0 Å². The molecule has 37 heavy (non-hydrogen) atoms. The number of fused-ring (bicyclic) bond motifs is 2. The van der Waals surface area contributed by atoms with Gasteiger partial charge in [0, 0.05) is 13.1 Å². The number of amides is 1. The summed E-state index contributed by atoms with van der Waals surface area (Å²) in [6.45, 7) is 10.6. The number of aromatic amines is 1. The number of carboxylic acid groups (broad SMARTS) is 1. The van der Waals surface area contributed by atoms with Gasteiger partial charge in [-0.25, -0.2) is 19.4 Å². The number of alkyl carbamates (subject to hydrolysis) is 1. The molecule has 0 aliphatic carbocycles. The summed E-state index contributed by atoms with van der Waals surface area (Å²) in [5.41, 5.74) is 1.59. The van der Waals surface area contributed by atoms with Crippen molar-refractivity contribution in [2.45, 2.75) is 72.1 Å². The Balaban J connectivity index is 1.60. The summed E-state index contributed by atoms with van der Waals surface area (Å²) in [5, 5.41) is 15.1. The summed E-state index contributed by atoms with van der Waals surface area (Å²) in [6.07, 6.45) is 0.764. The third kappa shape index (κ3) is 7.35. The zero-order valence-corrected chi connectivity index (χ0v) is 21.8. The highest BCUT2D eigenvalue weighted by Crippen LogP contribution is 2.23. The zero-order chi connectivity index (χ0) is 27.3. The maximum Gasteiger partial charge on any atom is 0.408 e. The van der Waals surface area contributed by atoms with Crippen LogP contribution in [-0.2, 0) is 16.1 Å². The average Bonchev–Trinajstić information content (AvgIpc) is 2.77. The summed E-state index contributed by atoms with van der Waals surface area (Å²) < 4.78 is 6.95. The van der Waals surface area contributed by atoms with E-state index in [2.05, 4.69) is 25.6 Å². The van der Waals surface area contributed by atoms with Crippen LogP contribution in [0.2, 0.25) is 0 Å². The van der Waals surface area contributed by atoms with Crippen LogP contribution in [0, 0.1) is 13.8 Å². The highest BCUT2D eigenvalue weighted by atomic mass is 16.6. The Hall–Kier alpha value is -3.80. The van der Waals surface area contributed by atoms with Crippen molar-refractivity contribution in [1.29, 1.82) is 0 Å². The van der Waals surface area contributed by atoms with Gasteiger partial charge in [0.05, 0.1) is 11.0 Å². The molecule has 1 atom stereocenters. The van der Waals surface area contributed by atoms with Gasteiger partial charge in [0.25, 0.3) is 5.56 Å². The third-order valence-electron chi connectivity index (χ3n) is 5.82. The SMILES string of the molecule is Cc1cc2nc3c(=O)[nH]c(=O)nc-3n(CCNCCCCC(NC(=O)OC(C)(C)C)C(=O)O)c2cc1C. The molecule has 0 bridgehead atoms. The minimum absolute atomic E-state index is 0.104. The van der Waals surface area contributed by atoms with Gasteiger partial charge in [-0.1, -0.05) is 0 Å². The second-order valence-corrected chi connectivity index (χ2v) is 10.0. The van der Waals surface area contributed by atoms with Crippen molar-refractivity contribution in [2.75, 3.05) is 13.1 Å². The average molecular weight is 515 g/mol. The van der Waals surface area contributed by atoms with Crippen LogP contribution in [0.15, 0.2) is 21.7 Å². The van der Waals surface area contributed by atoms with Gasteiger partial charge in [-0.05, 0) is 83.7 Å². The number of carbonyl (C=O) groups excluding carboxylic acids is 1. The second-order valence-electron chi connectivity index (χ2n) is 10.0. The van der Waals surface area contributed by atoms with E-state index in [0.29, 0.717) is 38.0 Å². The smallest absolute Gasteiger partial charge is 0.408 e. The molecular formula is C25H34N6O6. The van der Waals surface area contributed by atoms with Gasteiger partial charge >= 0.3 is 17.8 Å². The normalized spacial score (nSPS) is 12.6. The fraction of sp³-hybridized carbons (Fsp3) is 0.520. The van der Waals surface area contributed by atoms with Crippen molar-refractivity contribution >= 4 is 23.1 Å². The highest BCUT2D eigenvalue weighted by Gasteiger charge is 2.23. The fourth-order valence-corrected chi connectivity index (χ4v) is 3.90. The van der Waals surface area contributed by atoms with Crippen LogP contribution in [-0.4, -0.2) is 61.4 Å². The highest BCUT2D eigenvalue weighted by molar-refractivity contribution is 5.81. The van der Waals surface area contributed by atoms with Gasteiger partial charge in [0.1, 0.15) is 11.6 Å². The molecule has 0 fully saturated rings. The number of aromatic nitrogens is 4. The summed E-state index contributed by atoms with van der Waals surface area (Å²) in [4.78, 5) is 58.3. The molecule has 0 spiro atoms. The quantitative estimate of drug-likeness (QED) is 0.233. The van der Waals surface area contributed by atoms with Gasteiger partial charge in [-0.15, -0.1) is 0 Å². The van der Waals surface area contributed by atoms with Gasteiger partial charge in [0.2, 0.25) is 0 Å². The minimum atomic E-state index is -1.11. The molecular weight excluding hydrogens is 480 g/mol. The zero-order valence-electron chi connectivity index (χ0n) is 21.8. The molecule has 1 aromatic rings. The van der Waals surface area contributed by atoms with Crippen LogP contribution in [0.4, 0.5) is 4.79 Å².